The highest BCUT2D eigenvalue weighted by molar-refractivity contribution is 5.90. The van der Waals surface area contributed by atoms with E-state index in [0.29, 0.717) is 11.5 Å². The van der Waals surface area contributed by atoms with E-state index in [1.165, 1.54) is 36.9 Å². The van der Waals surface area contributed by atoms with E-state index in [1.54, 1.807) is 6.07 Å². The van der Waals surface area contributed by atoms with Crippen LogP contribution in [0.3, 0.4) is 0 Å². The van der Waals surface area contributed by atoms with Crippen LogP contribution in [-0.4, -0.2) is 74.8 Å². The van der Waals surface area contributed by atoms with Gasteiger partial charge in [0.05, 0.1) is 17.7 Å². The minimum atomic E-state index is -0.610. The van der Waals surface area contributed by atoms with Crippen LogP contribution in [-0.2, 0) is 11.2 Å². The zero-order valence-corrected chi connectivity index (χ0v) is 25.8. The second kappa shape index (κ2) is 11.0. The summed E-state index contributed by atoms with van der Waals surface area (Å²) in [7, 11) is 0. The maximum Gasteiger partial charge on any atom is 0.306 e. The summed E-state index contributed by atoms with van der Waals surface area (Å²) >= 11 is 0. The van der Waals surface area contributed by atoms with Gasteiger partial charge in [-0.05, 0) is 75.1 Å². The molecule has 11 nitrogen and oxygen atoms in total. The fraction of sp³-hybridized carbons (Fsp3) is 0.500. The van der Waals surface area contributed by atoms with Crippen LogP contribution in [0, 0.1) is 11.3 Å². The number of anilines is 3. The van der Waals surface area contributed by atoms with Crippen LogP contribution >= 0.6 is 0 Å². The molecule has 11 heteroatoms. The zero-order chi connectivity index (χ0) is 30.7. The molecule has 2 aromatic heterocycles. The average Bonchev–Trinajstić information content (AvgIpc) is 3.43. The van der Waals surface area contributed by atoms with E-state index in [1.807, 2.05) is 30.5 Å². The largest absolute Gasteiger partial charge is 0.507 e. The van der Waals surface area contributed by atoms with Crippen molar-refractivity contribution in [1.29, 1.82) is 0 Å². The van der Waals surface area contributed by atoms with Crippen LogP contribution in [0.25, 0.3) is 11.8 Å². The number of rotatable bonds is 5. The number of aromatic amines is 1. The Morgan fingerprint density at radius 3 is 2.56 bits per heavy atom. The molecule has 45 heavy (non-hydrogen) atoms. The number of hydrogen-bond donors (Lipinski definition) is 5. The lowest BCUT2D eigenvalue weighted by molar-refractivity contribution is -0.152. The molecule has 0 radical (unpaired) electrons. The molecule has 3 aromatic rings. The van der Waals surface area contributed by atoms with Gasteiger partial charge in [-0.3, -0.25) is 20.5 Å². The number of carbonyl (C=O) groups is 1. The Kier molecular flexibility index (Phi) is 6.89. The van der Waals surface area contributed by atoms with Crippen LogP contribution in [0.2, 0.25) is 0 Å². The third-order valence-corrected chi connectivity index (χ3v) is 11.2. The van der Waals surface area contributed by atoms with E-state index in [2.05, 4.69) is 43.5 Å². The molecule has 1 aromatic carbocycles. The van der Waals surface area contributed by atoms with Crippen LogP contribution < -0.4 is 20.7 Å². The molecule has 5 aliphatic rings. The first-order valence-electron chi connectivity index (χ1n) is 16.5. The topological polar surface area (TPSA) is 133 Å². The Bertz CT molecular complexity index is 1630. The number of aromatic nitrogens is 3. The van der Waals surface area contributed by atoms with Gasteiger partial charge in [0, 0.05) is 73.8 Å². The highest BCUT2D eigenvalue weighted by Crippen LogP contribution is 2.55. The van der Waals surface area contributed by atoms with Gasteiger partial charge in [-0.1, -0.05) is 12.1 Å². The molecule has 3 aliphatic heterocycles. The van der Waals surface area contributed by atoms with E-state index >= 15 is 0 Å². The average molecular weight is 611 g/mol. The summed E-state index contributed by atoms with van der Waals surface area (Å²) in [5, 5.41) is 19.8. The van der Waals surface area contributed by atoms with Gasteiger partial charge in [0.25, 0.3) is 0 Å². The van der Waals surface area contributed by atoms with E-state index < -0.39 is 5.97 Å². The molecule has 8 rings (SSSR count). The maximum absolute atomic E-state index is 11.3. The molecule has 236 valence electrons. The van der Waals surface area contributed by atoms with Crippen LogP contribution in [0.1, 0.15) is 73.9 Å². The number of phenols is 1. The summed E-state index contributed by atoms with van der Waals surface area (Å²) in [4.78, 5) is 32.1. The fourth-order valence-electron chi connectivity index (χ4n) is 8.64. The molecule has 3 fully saturated rings. The Hall–Kier alpha value is -4.25. The third-order valence-electron chi connectivity index (χ3n) is 11.2. The van der Waals surface area contributed by atoms with Gasteiger partial charge < -0.3 is 25.0 Å². The predicted octanol–water partition coefficient (Wildman–Crippen LogP) is 4.61. The Morgan fingerprint density at radius 1 is 1.02 bits per heavy atom. The Labute approximate surface area is 263 Å². The van der Waals surface area contributed by atoms with Crippen LogP contribution in [0.4, 0.5) is 17.6 Å². The summed E-state index contributed by atoms with van der Waals surface area (Å²) < 4.78 is 0. The van der Waals surface area contributed by atoms with E-state index in [0.717, 1.165) is 86.4 Å². The number of hydrazine groups is 1. The number of fused-ring (bicyclic) bond motifs is 3. The molecular weight excluding hydrogens is 568 g/mol. The Balaban J connectivity index is 0.934. The van der Waals surface area contributed by atoms with E-state index in [-0.39, 0.29) is 17.7 Å². The standard InChI is InChI=1S/C34H42N8O3/c1-21-30-25-18-27(24-4-2-3-5-28(24)43)38-39-31(25)36-26(30)9-13-42(21)33-35-12-8-29(37-33)41-16-14-40(15-17-41)23-6-10-34(11-7-23)19-22(20-34)32(44)45/h2-5,8,12,18,21-23,36,38-39,43H,6-7,9-11,13-17,19-20H2,1H3,(H,44,45)/t21-,22?,23?,34?/m1/s1. The molecule has 0 unspecified atom stereocenters. The van der Waals surface area contributed by atoms with E-state index in [9.17, 15) is 15.0 Å². The third kappa shape index (κ3) is 4.97. The van der Waals surface area contributed by atoms with Gasteiger partial charge >= 0.3 is 5.97 Å². The molecule has 2 aliphatic carbocycles. The maximum atomic E-state index is 11.3. The number of aliphatic carboxylic acids is 1. The predicted molar refractivity (Wildman–Crippen MR) is 174 cm³/mol. The first-order chi connectivity index (χ1) is 21.9. The van der Waals surface area contributed by atoms with Crippen molar-refractivity contribution in [1.82, 2.24) is 25.3 Å². The zero-order valence-electron chi connectivity index (χ0n) is 25.8. The van der Waals surface area contributed by atoms with Crippen molar-refractivity contribution in [3.8, 4) is 5.75 Å². The summed E-state index contributed by atoms with van der Waals surface area (Å²) in [6.45, 7) is 6.99. The molecular formula is C34H42N8O3. The first-order valence-corrected chi connectivity index (χ1v) is 16.5. The quantitative estimate of drug-likeness (QED) is 0.279. The summed E-state index contributed by atoms with van der Waals surface area (Å²) in [6, 6.07) is 10.1. The number of hydrogen-bond acceptors (Lipinski definition) is 9. The number of aromatic hydroxyl groups is 1. The minimum absolute atomic E-state index is 0.0682. The lowest BCUT2D eigenvalue weighted by Gasteiger charge is -2.52. The molecule has 0 amide bonds. The molecule has 5 N–H and O–H groups in total. The minimum Gasteiger partial charge on any atom is -0.507 e. The molecule has 5 heterocycles. The monoisotopic (exact) mass is 610 g/mol. The van der Waals surface area contributed by atoms with Crippen LogP contribution in [0.15, 0.2) is 36.5 Å². The molecule has 1 saturated heterocycles. The number of H-pyrrole nitrogens is 1. The van der Waals surface area contributed by atoms with Crippen LogP contribution in [0.5, 0.6) is 5.75 Å². The van der Waals surface area contributed by atoms with Crippen molar-refractivity contribution in [3.05, 3.63) is 58.9 Å². The second-order valence-corrected chi connectivity index (χ2v) is 13.7. The fourth-order valence-corrected chi connectivity index (χ4v) is 8.64. The highest BCUT2D eigenvalue weighted by atomic mass is 16.4. The van der Waals surface area contributed by atoms with Crippen molar-refractivity contribution in [2.75, 3.05) is 47.9 Å². The van der Waals surface area contributed by atoms with Gasteiger partial charge in [0.1, 0.15) is 17.4 Å². The van der Waals surface area contributed by atoms with Crippen molar-refractivity contribution in [3.63, 3.8) is 0 Å². The number of nitrogens with zero attached hydrogens (tertiary/aromatic N) is 5. The summed E-state index contributed by atoms with van der Waals surface area (Å²) in [5.74, 6) is 2.20. The number of benzene rings is 1. The lowest BCUT2D eigenvalue weighted by atomic mass is 9.55. The number of nitrogens with one attached hydrogen (secondary N) is 3. The SMILES string of the molecule is C[C@@H]1c2c([nH]c3c2C=C(c2ccccc2O)NN3)CCN1c1nccc(N2CCN(C3CCC4(CC3)CC(C(=O)O)C4)CC2)n1. The molecule has 2 saturated carbocycles. The van der Waals surface area contributed by atoms with Gasteiger partial charge in [-0.25, -0.2) is 4.98 Å². The lowest BCUT2D eigenvalue weighted by Crippen LogP contribution is -2.53. The number of carboxylic acids is 1. The van der Waals surface area contributed by atoms with Gasteiger partial charge in [0.15, 0.2) is 0 Å². The van der Waals surface area contributed by atoms with Gasteiger partial charge in [0.2, 0.25) is 5.95 Å². The Morgan fingerprint density at radius 2 is 1.80 bits per heavy atom. The van der Waals surface area contributed by atoms with Crippen molar-refractivity contribution >= 4 is 35.3 Å². The highest BCUT2D eigenvalue weighted by Gasteiger charge is 2.49. The second-order valence-electron chi connectivity index (χ2n) is 13.7. The first kappa shape index (κ1) is 28.2. The molecule has 1 atom stereocenters. The number of phenolic OH excluding ortho intramolecular Hbond substituents is 1. The number of para-hydroxylation sites is 1. The molecule has 1 spiro atoms. The summed E-state index contributed by atoms with van der Waals surface area (Å²) in [6.07, 6.45) is 11.4. The van der Waals surface area contributed by atoms with Crippen molar-refractivity contribution < 1.29 is 15.0 Å². The normalized spacial score (nSPS) is 27.9. The van der Waals surface area contributed by atoms with Gasteiger partial charge in [-0.15, -0.1) is 0 Å². The summed E-state index contributed by atoms with van der Waals surface area (Å²) in [5.41, 5.74) is 12.0. The van der Waals surface area contributed by atoms with Crippen molar-refractivity contribution in [2.24, 2.45) is 11.3 Å². The van der Waals surface area contributed by atoms with Gasteiger partial charge in [-0.2, -0.15) is 4.98 Å². The van der Waals surface area contributed by atoms with E-state index in [4.69, 9.17) is 9.97 Å². The number of piperazine rings is 1. The number of carboxylic acid groups (broad SMARTS) is 1. The van der Waals surface area contributed by atoms with Crippen molar-refractivity contribution in [2.45, 2.75) is 64.0 Å². The smallest absolute Gasteiger partial charge is 0.306 e. The molecule has 0 bridgehead atoms.